The van der Waals surface area contributed by atoms with Crippen molar-refractivity contribution in [3.8, 4) is 0 Å². The quantitative estimate of drug-likeness (QED) is 0.660. The summed E-state index contributed by atoms with van der Waals surface area (Å²) in [6, 6.07) is 0. The van der Waals surface area contributed by atoms with Crippen molar-refractivity contribution in [2.45, 2.75) is 73.3 Å². The Morgan fingerprint density at radius 1 is 1.12 bits per heavy atom. The van der Waals surface area contributed by atoms with Gasteiger partial charge in [-0.3, -0.25) is 4.79 Å². The smallest absolute Gasteiger partial charge is 0.309 e. The molecule has 0 saturated carbocycles. The Hall–Kier alpha value is -0.530. The predicted molar refractivity (Wildman–Crippen MR) is 68.3 cm³/mol. The zero-order chi connectivity index (χ0) is 13.0. The first-order valence-corrected chi connectivity index (χ1v) is 6.37. The van der Waals surface area contributed by atoms with Crippen LogP contribution in [0.3, 0.4) is 0 Å². The standard InChI is InChI=1S/C14H28O2/c1-8-10-11(13(3,4)5)12(15)16-14(6,7)9-2/h11H,8-10H2,1-7H3. The summed E-state index contributed by atoms with van der Waals surface area (Å²) in [5.74, 6) is -0.0375. The average molecular weight is 228 g/mol. The Bertz CT molecular complexity index is 223. The molecule has 96 valence electrons. The van der Waals surface area contributed by atoms with Gasteiger partial charge in [0.15, 0.2) is 0 Å². The van der Waals surface area contributed by atoms with Crippen molar-refractivity contribution in [3.63, 3.8) is 0 Å². The van der Waals surface area contributed by atoms with E-state index in [1.807, 2.05) is 20.8 Å². The Kier molecular flexibility index (Phi) is 5.51. The molecule has 0 aliphatic heterocycles. The largest absolute Gasteiger partial charge is 0.459 e. The molecule has 0 saturated heterocycles. The molecule has 1 atom stereocenters. The summed E-state index contributed by atoms with van der Waals surface area (Å²) >= 11 is 0. The first kappa shape index (κ1) is 15.5. The Morgan fingerprint density at radius 2 is 1.62 bits per heavy atom. The maximum absolute atomic E-state index is 12.1. The van der Waals surface area contributed by atoms with Crippen molar-refractivity contribution < 1.29 is 9.53 Å². The van der Waals surface area contributed by atoms with Crippen LogP contribution in [0.25, 0.3) is 0 Å². The Labute approximate surface area is 101 Å². The lowest BCUT2D eigenvalue weighted by atomic mass is 9.78. The summed E-state index contributed by atoms with van der Waals surface area (Å²) in [5.41, 5.74) is -0.356. The minimum absolute atomic E-state index is 0.00308. The normalized spacial score (nSPS) is 14.7. The maximum atomic E-state index is 12.1. The van der Waals surface area contributed by atoms with E-state index >= 15 is 0 Å². The topological polar surface area (TPSA) is 26.3 Å². The van der Waals surface area contributed by atoms with Crippen molar-refractivity contribution >= 4 is 5.97 Å². The van der Waals surface area contributed by atoms with Gasteiger partial charge in [0.1, 0.15) is 5.60 Å². The molecule has 0 N–H and O–H groups in total. The second-order valence-corrected chi connectivity index (χ2v) is 6.24. The minimum atomic E-state index is -0.339. The molecule has 0 heterocycles. The molecule has 0 spiro atoms. The van der Waals surface area contributed by atoms with Gasteiger partial charge in [-0.05, 0) is 32.1 Å². The lowest BCUT2D eigenvalue weighted by Gasteiger charge is -2.32. The molecule has 2 heteroatoms. The summed E-state index contributed by atoms with van der Waals surface area (Å²) in [6.07, 6.45) is 2.77. The molecule has 16 heavy (non-hydrogen) atoms. The highest BCUT2D eigenvalue weighted by Crippen LogP contribution is 2.32. The van der Waals surface area contributed by atoms with Crippen LogP contribution in [-0.4, -0.2) is 11.6 Å². The summed E-state index contributed by atoms with van der Waals surface area (Å²) in [7, 11) is 0. The van der Waals surface area contributed by atoms with E-state index in [0.29, 0.717) is 0 Å². The lowest BCUT2D eigenvalue weighted by Crippen LogP contribution is -2.36. The lowest BCUT2D eigenvalue weighted by molar-refractivity contribution is -0.166. The van der Waals surface area contributed by atoms with Crippen LogP contribution in [0, 0.1) is 11.3 Å². The third-order valence-electron chi connectivity index (χ3n) is 3.14. The van der Waals surface area contributed by atoms with Crippen LogP contribution in [0.4, 0.5) is 0 Å². The molecule has 2 nitrogen and oxygen atoms in total. The molecule has 0 radical (unpaired) electrons. The zero-order valence-corrected chi connectivity index (χ0v) is 12.0. The Morgan fingerprint density at radius 3 is 1.94 bits per heavy atom. The fraction of sp³-hybridized carbons (Fsp3) is 0.929. The molecule has 0 aliphatic rings. The highest BCUT2D eigenvalue weighted by molar-refractivity contribution is 5.73. The number of rotatable bonds is 5. The van der Waals surface area contributed by atoms with E-state index in [-0.39, 0.29) is 22.9 Å². The van der Waals surface area contributed by atoms with E-state index in [1.165, 1.54) is 0 Å². The summed E-state index contributed by atoms with van der Waals surface area (Å²) in [5, 5.41) is 0. The molecular weight excluding hydrogens is 200 g/mol. The number of carbonyl (C=O) groups is 1. The van der Waals surface area contributed by atoms with E-state index < -0.39 is 0 Å². The average Bonchev–Trinajstić information content (AvgIpc) is 2.11. The van der Waals surface area contributed by atoms with Crippen molar-refractivity contribution in [1.29, 1.82) is 0 Å². The van der Waals surface area contributed by atoms with Crippen LogP contribution in [0.1, 0.15) is 67.7 Å². The van der Waals surface area contributed by atoms with Gasteiger partial charge in [0.25, 0.3) is 0 Å². The van der Waals surface area contributed by atoms with Gasteiger partial charge in [-0.1, -0.05) is 41.0 Å². The molecule has 0 fully saturated rings. The van der Waals surface area contributed by atoms with Crippen LogP contribution in [0.2, 0.25) is 0 Å². The first-order valence-electron chi connectivity index (χ1n) is 6.37. The van der Waals surface area contributed by atoms with E-state index in [4.69, 9.17) is 4.74 Å². The second kappa shape index (κ2) is 5.70. The molecular formula is C14H28O2. The van der Waals surface area contributed by atoms with Crippen molar-refractivity contribution in [1.82, 2.24) is 0 Å². The fourth-order valence-corrected chi connectivity index (χ4v) is 1.61. The van der Waals surface area contributed by atoms with Gasteiger partial charge in [0.05, 0.1) is 5.92 Å². The summed E-state index contributed by atoms with van der Waals surface area (Å²) in [6.45, 7) is 14.4. The van der Waals surface area contributed by atoms with E-state index in [9.17, 15) is 4.79 Å². The fourth-order valence-electron chi connectivity index (χ4n) is 1.61. The molecule has 1 unspecified atom stereocenters. The minimum Gasteiger partial charge on any atom is -0.459 e. The highest BCUT2D eigenvalue weighted by Gasteiger charge is 2.34. The number of carbonyl (C=O) groups excluding carboxylic acids is 1. The molecule has 0 aromatic heterocycles. The van der Waals surface area contributed by atoms with Crippen LogP contribution >= 0.6 is 0 Å². The molecule has 0 aromatic carbocycles. The van der Waals surface area contributed by atoms with Crippen molar-refractivity contribution in [2.75, 3.05) is 0 Å². The monoisotopic (exact) mass is 228 g/mol. The number of hydrogen-bond donors (Lipinski definition) is 0. The summed E-state index contributed by atoms with van der Waals surface area (Å²) in [4.78, 5) is 12.1. The zero-order valence-electron chi connectivity index (χ0n) is 12.0. The molecule has 0 rings (SSSR count). The van der Waals surface area contributed by atoms with Gasteiger partial charge in [0.2, 0.25) is 0 Å². The number of ether oxygens (including phenoxy) is 1. The number of hydrogen-bond acceptors (Lipinski definition) is 2. The second-order valence-electron chi connectivity index (χ2n) is 6.24. The van der Waals surface area contributed by atoms with Crippen molar-refractivity contribution in [2.24, 2.45) is 11.3 Å². The predicted octanol–water partition coefficient (Wildman–Crippen LogP) is 4.18. The van der Waals surface area contributed by atoms with Crippen LogP contribution < -0.4 is 0 Å². The van der Waals surface area contributed by atoms with Crippen LogP contribution in [0.15, 0.2) is 0 Å². The van der Waals surface area contributed by atoms with E-state index in [1.54, 1.807) is 0 Å². The third-order valence-corrected chi connectivity index (χ3v) is 3.14. The molecule has 0 aliphatic carbocycles. The van der Waals surface area contributed by atoms with Gasteiger partial charge < -0.3 is 4.74 Å². The molecule has 0 amide bonds. The van der Waals surface area contributed by atoms with Gasteiger partial charge in [0, 0.05) is 0 Å². The van der Waals surface area contributed by atoms with Crippen LogP contribution in [0.5, 0.6) is 0 Å². The van der Waals surface area contributed by atoms with E-state index in [2.05, 4.69) is 27.7 Å². The van der Waals surface area contributed by atoms with E-state index in [0.717, 1.165) is 19.3 Å². The summed E-state index contributed by atoms with van der Waals surface area (Å²) < 4.78 is 5.59. The van der Waals surface area contributed by atoms with Gasteiger partial charge in [-0.2, -0.15) is 0 Å². The number of esters is 1. The third kappa shape index (κ3) is 5.00. The SMILES string of the molecule is CCCC(C(=O)OC(C)(C)CC)C(C)(C)C. The highest BCUT2D eigenvalue weighted by atomic mass is 16.6. The van der Waals surface area contributed by atoms with Gasteiger partial charge in [-0.15, -0.1) is 0 Å². The first-order chi connectivity index (χ1) is 7.14. The maximum Gasteiger partial charge on any atom is 0.309 e. The van der Waals surface area contributed by atoms with Gasteiger partial charge >= 0.3 is 5.97 Å². The van der Waals surface area contributed by atoms with Crippen molar-refractivity contribution in [3.05, 3.63) is 0 Å². The van der Waals surface area contributed by atoms with Gasteiger partial charge in [-0.25, -0.2) is 0 Å². The molecule has 0 aromatic rings. The molecule has 0 bridgehead atoms. The van der Waals surface area contributed by atoms with Crippen LogP contribution in [-0.2, 0) is 9.53 Å². The Balaban J connectivity index is 4.64.